The minimum absolute atomic E-state index is 0.00121. The summed E-state index contributed by atoms with van der Waals surface area (Å²) in [6.45, 7) is 7.38. The van der Waals surface area contributed by atoms with Crippen molar-refractivity contribution in [1.82, 2.24) is 0 Å². The van der Waals surface area contributed by atoms with Crippen LogP contribution in [0.5, 0.6) is 0 Å². The van der Waals surface area contributed by atoms with Crippen LogP contribution in [-0.4, -0.2) is 12.6 Å². The van der Waals surface area contributed by atoms with Crippen molar-refractivity contribution >= 4 is 5.97 Å². The number of ether oxygens (including phenoxy) is 1. The molecule has 0 radical (unpaired) electrons. The largest absolute Gasteiger partial charge is 0.466 e. The van der Waals surface area contributed by atoms with E-state index < -0.39 is 0 Å². The van der Waals surface area contributed by atoms with Crippen molar-refractivity contribution in [1.29, 1.82) is 0 Å². The maximum atomic E-state index is 11.5. The van der Waals surface area contributed by atoms with Crippen molar-refractivity contribution in [2.24, 2.45) is 5.92 Å². The van der Waals surface area contributed by atoms with Gasteiger partial charge in [-0.05, 0) is 18.8 Å². The van der Waals surface area contributed by atoms with E-state index in [4.69, 9.17) is 4.74 Å². The molecule has 0 N–H and O–H groups in total. The Morgan fingerprint density at radius 1 is 0.850 bits per heavy atom. The molecule has 0 bridgehead atoms. The molecule has 0 unspecified atom stereocenters. The zero-order valence-electron chi connectivity index (χ0n) is 14.1. The first-order valence-corrected chi connectivity index (χ1v) is 8.82. The summed E-state index contributed by atoms with van der Waals surface area (Å²) in [6.07, 6.45) is 14.1. The van der Waals surface area contributed by atoms with Crippen LogP contribution in [0.1, 0.15) is 97.8 Å². The molecule has 0 aromatic carbocycles. The van der Waals surface area contributed by atoms with Gasteiger partial charge in [0.2, 0.25) is 0 Å². The highest BCUT2D eigenvalue weighted by atomic mass is 16.5. The summed E-state index contributed by atoms with van der Waals surface area (Å²) < 4.78 is 5.22. The van der Waals surface area contributed by atoms with Gasteiger partial charge in [-0.3, -0.25) is 4.79 Å². The van der Waals surface area contributed by atoms with Crippen molar-refractivity contribution in [3.05, 3.63) is 0 Å². The zero-order chi connectivity index (χ0) is 15.1. The van der Waals surface area contributed by atoms with E-state index >= 15 is 0 Å². The Morgan fingerprint density at radius 3 is 2.10 bits per heavy atom. The highest BCUT2D eigenvalue weighted by Crippen LogP contribution is 2.12. The van der Waals surface area contributed by atoms with Crippen molar-refractivity contribution in [3.63, 3.8) is 0 Å². The van der Waals surface area contributed by atoms with Crippen LogP contribution in [0.25, 0.3) is 0 Å². The monoisotopic (exact) mass is 284 g/mol. The van der Waals surface area contributed by atoms with Gasteiger partial charge in [-0.2, -0.15) is 0 Å². The molecule has 0 aromatic rings. The molecule has 20 heavy (non-hydrogen) atoms. The van der Waals surface area contributed by atoms with Crippen molar-refractivity contribution in [2.45, 2.75) is 97.8 Å². The number of unbranched alkanes of at least 4 members (excludes halogenated alkanes) is 8. The van der Waals surface area contributed by atoms with Crippen molar-refractivity contribution < 1.29 is 9.53 Å². The van der Waals surface area contributed by atoms with Gasteiger partial charge in [0.15, 0.2) is 0 Å². The molecule has 0 heterocycles. The zero-order valence-corrected chi connectivity index (χ0v) is 14.1. The predicted molar refractivity (Wildman–Crippen MR) is 86.9 cm³/mol. The van der Waals surface area contributed by atoms with E-state index in [1.165, 1.54) is 57.8 Å². The lowest BCUT2D eigenvalue weighted by molar-refractivity contribution is -0.143. The maximum Gasteiger partial charge on any atom is 0.305 e. The van der Waals surface area contributed by atoms with Gasteiger partial charge in [0, 0.05) is 6.42 Å². The van der Waals surface area contributed by atoms with Gasteiger partial charge in [0.25, 0.3) is 0 Å². The van der Waals surface area contributed by atoms with Gasteiger partial charge >= 0.3 is 5.97 Å². The summed E-state index contributed by atoms with van der Waals surface area (Å²) in [7, 11) is 0. The molecule has 0 aromatic heterocycles. The molecule has 2 nitrogen and oxygen atoms in total. The first-order valence-electron chi connectivity index (χ1n) is 8.82. The van der Waals surface area contributed by atoms with E-state index in [0.717, 1.165) is 18.8 Å². The number of carbonyl (C=O) groups is 1. The summed E-state index contributed by atoms with van der Waals surface area (Å²) in [4.78, 5) is 11.5. The van der Waals surface area contributed by atoms with E-state index in [2.05, 4.69) is 20.8 Å². The minimum atomic E-state index is 0.00121. The smallest absolute Gasteiger partial charge is 0.305 e. The molecular weight excluding hydrogens is 248 g/mol. The molecule has 0 atom stereocenters. The number of esters is 1. The van der Waals surface area contributed by atoms with Crippen molar-refractivity contribution in [3.8, 4) is 0 Å². The van der Waals surface area contributed by atoms with E-state index in [0.29, 0.717) is 13.0 Å². The maximum absolute atomic E-state index is 11.5. The fraction of sp³-hybridized carbons (Fsp3) is 0.944. The number of carbonyl (C=O) groups excluding carboxylic acids is 1. The number of hydrogen-bond acceptors (Lipinski definition) is 2. The van der Waals surface area contributed by atoms with Gasteiger partial charge in [-0.15, -0.1) is 0 Å². The second-order valence-corrected chi connectivity index (χ2v) is 6.33. The first kappa shape index (κ1) is 19.5. The number of hydrogen-bond donors (Lipinski definition) is 0. The van der Waals surface area contributed by atoms with Crippen molar-refractivity contribution in [2.75, 3.05) is 6.61 Å². The third-order valence-corrected chi connectivity index (χ3v) is 3.67. The topological polar surface area (TPSA) is 26.3 Å². The highest BCUT2D eigenvalue weighted by Gasteiger charge is 2.02. The Hall–Kier alpha value is -0.530. The molecule has 0 aliphatic carbocycles. The fourth-order valence-electron chi connectivity index (χ4n) is 2.32. The normalized spacial score (nSPS) is 11.0. The Morgan fingerprint density at radius 2 is 1.45 bits per heavy atom. The highest BCUT2D eigenvalue weighted by molar-refractivity contribution is 5.69. The van der Waals surface area contributed by atoms with Gasteiger partial charge in [-0.25, -0.2) is 0 Å². The molecule has 0 aliphatic heterocycles. The van der Waals surface area contributed by atoms with E-state index in [1.807, 2.05) is 0 Å². The third-order valence-electron chi connectivity index (χ3n) is 3.67. The Balaban J connectivity index is 3.15. The average Bonchev–Trinajstić information content (AvgIpc) is 2.41. The lowest BCUT2D eigenvalue weighted by atomic mass is 10.0. The summed E-state index contributed by atoms with van der Waals surface area (Å²) in [5.41, 5.74) is 0. The van der Waals surface area contributed by atoms with Crippen LogP contribution in [0.2, 0.25) is 0 Å². The standard InChI is InChI=1S/C18H36O2/c1-4-5-6-13-16-20-18(19)15-12-10-8-7-9-11-14-17(2)3/h17H,4-16H2,1-3H3. The van der Waals surface area contributed by atoms with Crippen LogP contribution in [0, 0.1) is 5.92 Å². The molecule has 2 heteroatoms. The number of rotatable bonds is 14. The van der Waals surface area contributed by atoms with Crippen LogP contribution < -0.4 is 0 Å². The molecule has 120 valence electrons. The molecule has 0 saturated heterocycles. The summed E-state index contributed by atoms with van der Waals surface area (Å²) >= 11 is 0. The van der Waals surface area contributed by atoms with E-state index in [9.17, 15) is 4.79 Å². The molecule has 0 aliphatic rings. The third kappa shape index (κ3) is 15.5. The Bertz CT molecular complexity index is 211. The summed E-state index contributed by atoms with van der Waals surface area (Å²) in [5.74, 6) is 0.836. The van der Waals surface area contributed by atoms with Gasteiger partial charge in [-0.1, -0.05) is 78.6 Å². The predicted octanol–water partition coefficient (Wildman–Crippen LogP) is 5.89. The molecule has 0 rings (SSSR count). The molecule has 0 saturated carbocycles. The van der Waals surface area contributed by atoms with Crippen LogP contribution in [-0.2, 0) is 9.53 Å². The second kappa shape index (κ2) is 14.9. The molecular formula is C18H36O2. The van der Waals surface area contributed by atoms with E-state index in [1.54, 1.807) is 0 Å². The van der Waals surface area contributed by atoms with Gasteiger partial charge < -0.3 is 4.74 Å². The van der Waals surface area contributed by atoms with E-state index in [-0.39, 0.29) is 5.97 Å². The Kier molecular flexibility index (Phi) is 14.5. The lowest BCUT2D eigenvalue weighted by Crippen LogP contribution is -2.05. The minimum Gasteiger partial charge on any atom is -0.466 e. The second-order valence-electron chi connectivity index (χ2n) is 6.33. The quantitative estimate of drug-likeness (QED) is 0.294. The molecule has 0 amide bonds. The van der Waals surface area contributed by atoms with Crippen LogP contribution >= 0.6 is 0 Å². The SMILES string of the molecule is CCCCCCOC(=O)CCCCCCCCC(C)C. The summed E-state index contributed by atoms with van der Waals surface area (Å²) in [5, 5.41) is 0. The summed E-state index contributed by atoms with van der Waals surface area (Å²) in [6, 6.07) is 0. The van der Waals surface area contributed by atoms with Gasteiger partial charge in [0.05, 0.1) is 6.61 Å². The Labute approximate surface area is 126 Å². The molecule has 0 spiro atoms. The molecule has 0 fully saturated rings. The van der Waals surface area contributed by atoms with Crippen LogP contribution in [0.15, 0.2) is 0 Å². The van der Waals surface area contributed by atoms with Crippen LogP contribution in [0.3, 0.4) is 0 Å². The lowest BCUT2D eigenvalue weighted by Gasteiger charge is -2.05. The average molecular weight is 284 g/mol. The van der Waals surface area contributed by atoms with Gasteiger partial charge in [0.1, 0.15) is 0 Å². The van der Waals surface area contributed by atoms with Crippen LogP contribution in [0.4, 0.5) is 0 Å². The fourth-order valence-corrected chi connectivity index (χ4v) is 2.32. The first-order chi connectivity index (χ1) is 9.66.